The SMILES string of the molecule is CCO[Si](C)(C)CC(C)N1CCOCC1. The molecule has 0 bridgehead atoms. The van der Waals surface area contributed by atoms with Crippen molar-refractivity contribution in [3.05, 3.63) is 0 Å². The number of hydrogen-bond acceptors (Lipinski definition) is 3. The summed E-state index contributed by atoms with van der Waals surface area (Å²) in [5.74, 6) is 0. The van der Waals surface area contributed by atoms with Crippen LogP contribution in [0.3, 0.4) is 0 Å². The molecule has 1 aliphatic rings. The fraction of sp³-hybridized carbons (Fsp3) is 1.00. The minimum absolute atomic E-state index is 0.641. The average Bonchev–Trinajstić information content (AvgIpc) is 2.18. The monoisotopic (exact) mass is 231 g/mol. The second kappa shape index (κ2) is 5.99. The Hall–Kier alpha value is 0.0969. The van der Waals surface area contributed by atoms with Crippen molar-refractivity contribution in [1.82, 2.24) is 4.90 Å². The smallest absolute Gasteiger partial charge is 0.188 e. The van der Waals surface area contributed by atoms with E-state index < -0.39 is 8.32 Å². The molecule has 1 rings (SSSR count). The summed E-state index contributed by atoms with van der Waals surface area (Å²) in [5, 5.41) is 0. The molecule has 0 aromatic rings. The third-order valence-corrected chi connectivity index (χ3v) is 5.64. The fourth-order valence-electron chi connectivity index (χ4n) is 2.31. The summed E-state index contributed by atoms with van der Waals surface area (Å²) in [6.07, 6.45) is 0. The van der Waals surface area contributed by atoms with E-state index in [1.165, 1.54) is 6.04 Å². The van der Waals surface area contributed by atoms with Crippen molar-refractivity contribution in [3.63, 3.8) is 0 Å². The Morgan fingerprint density at radius 3 is 2.47 bits per heavy atom. The van der Waals surface area contributed by atoms with Crippen LogP contribution in [0.5, 0.6) is 0 Å². The zero-order chi connectivity index (χ0) is 11.3. The Kier molecular flexibility index (Phi) is 5.25. The van der Waals surface area contributed by atoms with Gasteiger partial charge >= 0.3 is 0 Å². The minimum atomic E-state index is -1.43. The summed E-state index contributed by atoms with van der Waals surface area (Å²) < 4.78 is 11.2. The van der Waals surface area contributed by atoms with Gasteiger partial charge in [0.15, 0.2) is 8.32 Å². The quantitative estimate of drug-likeness (QED) is 0.675. The van der Waals surface area contributed by atoms with E-state index in [4.69, 9.17) is 9.16 Å². The van der Waals surface area contributed by atoms with Gasteiger partial charge in [-0.25, -0.2) is 0 Å². The van der Waals surface area contributed by atoms with Gasteiger partial charge in [-0.1, -0.05) is 0 Å². The van der Waals surface area contributed by atoms with Crippen LogP contribution >= 0.6 is 0 Å². The van der Waals surface area contributed by atoms with Gasteiger partial charge in [0, 0.05) is 25.7 Å². The van der Waals surface area contributed by atoms with Crippen LogP contribution < -0.4 is 0 Å². The van der Waals surface area contributed by atoms with E-state index in [2.05, 4.69) is 31.8 Å². The predicted octanol–water partition coefficient (Wildman–Crippen LogP) is 1.95. The maximum Gasteiger partial charge on any atom is 0.188 e. The van der Waals surface area contributed by atoms with Gasteiger partial charge in [-0.05, 0) is 33.0 Å². The molecule has 1 atom stereocenters. The third kappa shape index (κ3) is 4.63. The van der Waals surface area contributed by atoms with Crippen molar-refractivity contribution in [2.45, 2.75) is 39.0 Å². The van der Waals surface area contributed by atoms with Crippen LogP contribution in [-0.4, -0.2) is 52.2 Å². The normalized spacial score (nSPS) is 21.6. The number of rotatable bonds is 5. The molecule has 0 amide bonds. The Balaban J connectivity index is 2.35. The Morgan fingerprint density at radius 2 is 1.93 bits per heavy atom. The molecule has 15 heavy (non-hydrogen) atoms. The van der Waals surface area contributed by atoms with E-state index in [0.29, 0.717) is 6.04 Å². The lowest BCUT2D eigenvalue weighted by Gasteiger charge is -2.35. The second-order valence-corrected chi connectivity index (χ2v) is 9.11. The molecular formula is C11H25NO2Si. The maximum absolute atomic E-state index is 5.87. The first-order valence-electron chi connectivity index (χ1n) is 6.01. The van der Waals surface area contributed by atoms with Crippen LogP contribution in [0, 0.1) is 0 Å². The molecule has 1 unspecified atom stereocenters. The van der Waals surface area contributed by atoms with Crippen LogP contribution in [0.15, 0.2) is 0 Å². The van der Waals surface area contributed by atoms with Crippen molar-refractivity contribution < 1.29 is 9.16 Å². The van der Waals surface area contributed by atoms with E-state index in [9.17, 15) is 0 Å². The zero-order valence-electron chi connectivity index (χ0n) is 10.6. The fourth-order valence-corrected chi connectivity index (χ4v) is 4.89. The van der Waals surface area contributed by atoms with Crippen LogP contribution in [0.2, 0.25) is 19.1 Å². The van der Waals surface area contributed by atoms with E-state index in [1.807, 2.05) is 0 Å². The van der Waals surface area contributed by atoms with Crippen molar-refractivity contribution in [2.75, 3.05) is 32.9 Å². The van der Waals surface area contributed by atoms with Crippen molar-refractivity contribution in [2.24, 2.45) is 0 Å². The van der Waals surface area contributed by atoms with Gasteiger partial charge in [-0.15, -0.1) is 0 Å². The molecule has 1 aliphatic heterocycles. The summed E-state index contributed by atoms with van der Waals surface area (Å²) in [4.78, 5) is 2.53. The highest BCUT2D eigenvalue weighted by atomic mass is 28.4. The van der Waals surface area contributed by atoms with E-state index in [-0.39, 0.29) is 0 Å². The summed E-state index contributed by atoms with van der Waals surface area (Å²) in [6, 6.07) is 1.86. The van der Waals surface area contributed by atoms with Crippen molar-refractivity contribution in [1.29, 1.82) is 0 Å². The molecule has 0 radical (unpaired) electrons. The molecule has 0 saturated carbocycles. The molecule has 1 saturated heterocycles. The van der Waals surface area contributed by atoms with Gasteiger partial charge in [0.2, 0.25) is 0 Å². The molecule has 0 spiro atoms. The number of hydrogen-bond donors (Lipinski definition) is 0. The van der Waals surface area contributed by atoms with Gasteiger partial charge in [0.05, 0.1) is 13.2 Å². The lowest BCUT2D eigenvalue weighted by Crippen LogP contribution is -2.46. The molecule has 0 aromatic carbocycles. The molecule has 0 aliphatic carbocycles. The lowest BCUT2D eigenvalue weighted by molar-refractivity contribution is 0.0228. The Morgan fingerprint density at radius 1 is 1.33 bits per heavy atom. The van der Waals surface area contributed by atoms with Crippen LogP contribution in [-0.2, 0) is 9.16 Å². The summed E-state index contributed by atoms with van der Waals surface area (Å²) >= 11 is 0. The average molecular weight is 231 g/mol. The maximum atomic E-state index is 5.87. The van der Waals surface area contributed by atoms with Crippen LogP contribution in [0.4, 0.5) is 0 Å². The first-order valence-corrected chi connectivity index (χ1v) is 9.12. The van der Waals surface area contributed by atoms with Gasteiger partial charge in [-0.2, -0.15) is 0 Å². The molecule has 1 heterocycles. The van der Waals surface area contributed by atoms with Gasteiger partial charge in [-0.3, -0.25) is 4.90 Å². The number of ether oxygens (including phenoxy) is 1. The third-order valence-electron chi connectivity index (χ3n) is 2.99. The van der Waals surface area contributed by atoms with E-state index >= 15 is 0 Å². The Labute approximate surface area is 94.9 Å². The van der Waals surface area contributed by atoms with Crippen LogP contribution in [0.1, 0.15) is 13.8 Å². The standard InChI is InChI=1S/C11H25NO2Si/c1-5-14-15(3,4)10-11(2)12-6-8-13-9-7-12/h11H,5-10H2,1-4H3. The minimum Gasteiger partial charge on any atom is -0.418 e. The summed E-state index contributed by atoms with van der Waals surface area (Å²) in [6.45, 7) is 13.8. The van der Waals surface area contributed by atoms with E-state index in [0.717, 1.165) is 32.9 Å². The van der Waals surface area contributed by atoms with Crippen LogP contribution in [0.25, 0.3) is 0 Å². The molecule has 4 heteroatoms. The second-order valence-electron chi connectivity index (χ2n) is 4.89. The predicted molar refractivity (Wildman–Crippen MR) is 65.8 cm³/mol. The zero-order valence-corrected chi connectivity index (χ0v) is 11.6. The molecule has 0 aromatic heterocycles. The van der Waals surface area contributed by atoms with Gasteiger partial charge in [0.25, 0.3) is 0 Å². The first-order chi connectivity index (χ1) is 7.05. The van der Waals surface area contributed by atoms with Crippen molar-refractivity contribution in [3.8, 4) is 0 Å². The highest BCUT2D eigenvalue weighted by Gasteiger charge is 2.28. The van der Waals surface area contributed by atoms with Gasteiger partial charge < -0.3 is 9.16 Å². The number of morpholine rings is 1. The Bertz CT molecular complexity index is 181. The largest absolute Gasteiger partial charge is 0.418 e. The molecule has 0 N–H and O–H groups in total. The topological polar surface area (TPSA) is 21.7 Å². The highest BCUT2D eigenvalue weighted by Crippen LogP contribution is 2.18. The molecular weight excluding hydrogens is 206 g/mol. The molecule has 1 fully saturated rings. The molecule has 3 nitrogen and oxygen atoms in total. The van der Waals surface area contributed by atoms with Gasteiger partial charge in [0.1, 0.15) is 0 Å². The van der Waals surface area contributed by atoms with E-state index in [1.54, 1.807) is 0 Å². The lowest BCUT2D eigenvalue weighted by atomic mass is 10.3. The number of nitrogens with zero attached hydrogens (tertiary/aromatic N) is 1. The summed E-state index contributed by atoms with van der Waals surface area (Å²) in [7, 11) is -1.43. The summed E-state index contributed by atoms with van der Waals surface area (Å²) in [5.41, 5.74) is 0. The first kappa shape index (κ1) is 13.2. The highest BCUT2D eigenvalue weighted by molar-refractivity contribution is 6.71. The van der Waals surface area contributed by atoms with Crippen molar-refractivity contribution >= 4 is 8.32 Å². The molecule has 90 valence electrons.